The molecule has 192 valence electrons. The van der Waals surface area contributed by atoms with Gasteiger partial charge in [0.1, 0.15) is 27.0 Å². The van der Waals surface area contributed by atoms with Crippen molar-refractivity contribution in [2.75, 3.05) is 7.11 Å². The van der Waals surface area contributed by atoms with Crippen molar-refractivity contribution < 1.29 is 36.9 Å². The Hall–Kier alpha value is -2.70. The molecule has 1 aliphatic rings. The van der Waals surface area contributed by atoms with Crippen molar-refractivity contribution in [2.24, 2.45) is 5.16 Å². The molecule has 0 saturated carbocycles. The molecular weight excluding hydrogens is 505 g/mol. The lowest BCUT2D eigenvalue weighted by atomic mass is 9.94. The van der Waals surface area contributed by atoms with E-state index in [9.17, 15) is 27.3 Å². The van der Waals surface area contributed by atoms with Crippen LogP contribution in [0.25, 0.3) is 0 Å². The summed E-state index contributed by atoms with van der Waals surface area (Å²) in [5.41, 5.74) is 0.981. The number of carbonyl (C=O) groups is 1. The lowest BCUT2D eigenvalue weighted by molar-refractivity contribution is -0.139. The first-order chi connectivity index (χ1) is 16.6. The van der Waals surface area contributed by atoms with Crippen LogP contribution >= 0.6 is 11.3 Å². The van der Waals surface area contributed by atoms with Crippen molar-refractivity contribution in [2.45, 2.75) is 56.0 Å². The average molecular weight is 533 g/mol. The Labute approximate surface area is 208 Å². The van der Waals surface area contributed by atoms with Gasteiger partial charge >= 0.3 is 12.1 Å². The number of hydrogen-bond donors (Lipinski definition) is 2. The highest BCUT2D eigenvalue weighted by Gasteiger charge is 2.37. The van der Waals surface area contributed by atoms with Gasteiger partial charge in [0.15, 0.2) is 0 Å². The Kier molecular flexibility index (Phi) is 10.5. The molecule has 0 saturated heterocycles. The van der Waals surface area contributed by atoms with E-state index in [4.69, 9.17) is 4.74 Å². The Balaban J connectivity index is 0.00000210. The lowest BCUT2D eigenvalue weighted by Gasteiger charge is -2.21. The van der Waals surface area contributed by atoms with Gasteiger partial charge in [-0.2, -0.15) is 13.2 Å². The zero-order valence-corrected chi connectivity index (χ0v) is 21.2. The molecule has 12 heteroatoms. The smallest absolute Gasteiger partial charge is 0.451 e. The number of carboxylic acid groups (broad SMARTS) is 1. The van der Waals surface area contributed by atoms with Crippen molar-refractivity contribution in [1.29, 1.82) is 0 Å². The number of rotatable bonds is 8. The molecule has 3 unspecified atom stereocenters. The van der Waals surface area contributed by atoms with Crippen molar-refractivity contribution in [3.63, 3.8) is 0 Å². The van der Waals surface area contributed by atoms with E-state index >= 15 is 0 Å². The van der Waals surface area contributed by atoms with Gasteiger partial charge in [-0.05, 0) is 48.7 Å². The number of allylic oxidation sites excluding steroid dienone is 2. The fourth-order valence-electron chi connectivity index (χ4n) is 3.09. The van der Waals surface area contributed by atoms with Gasteiger partial charge < -0.3 is 14.7 Å². The molecule has 1 aliphatic heterocycles. The quantitative estimate of drug-likeness (QED) is 0.461. The summed E-state index contributed by atoms with van der Waals surface area (Å²) in [6.07, 6.45) is -3.40. The molecule has 0 bridgehead atoms. The van der Waals surface area contributed by atoms with Gasteiger partial charge in [0.05, 0.1) is 17.7 Å². The van der Waals surface area contributed by atoms with Crippen LogP contribution in [0.5, 0.6) is 5.75 Å². The molecule has 2 N–H and O–H groups in total. The summed E-state index contributed by atoms with van der Waals surface area (Å²) < 4.78 is 59.4. The van der Waals surface area contributed by atoms with E-state index in [-0.39, 0.29) is 12.8 Å². The second kappa shape index (κ2) is 12.8. The number of nitrogens with zero attached hydrogens (tertiary/aromatic N) is 1. The number of aliphatic carboxylic acids is 1. The van der Waals surface area contributed by atoms with Crippen molar-refractivity contribution >= 4 is 34.0 Å². The summed E-state index contributed by atoms with van der Waals surface area (Å²) in [5, 5.41) is 13.3. The summed E-state index contributed by atoms with van der Waals surface area (Å²) in [4.78, 5) is 16.9. The van der Waals surface area contributed by atoms with Crippen LogP contribution in [0, 0.1) is 0 Å². The molecule has 3 atom stereocenters. The molecule has 35 heavy (non-hydrogen) atoms. The maximum absolute atomic E-state index is 12.9. The van der Waals surface area contributed by atoms with Gasteiger partial charge in [0, 0.05) is 5.92 Å². The van der Waals surface area contributed by atoms with E-state index in [1.807, 2.05) is 13.8 Å². The topological polar surface area (TPSA) is 97.2 Å². The first kappa shape index (κ1) is 28.5. The van der Waals surface area contributed by atoms with E-state index in [0.717, 1.165) is 17.4 Å². The second-order valence-electron chi connectivity index (χ2n) is 7.12. The van der Waals surface area contributed by atoms with Crippen molar-refractivity contribution in [1.82, 2.24) is 4.72 Å². The molecule has 0 radical (unpaired) electrons. The monoisotopic (exact) mass is 532 g/mol. The zero-order valence-electron chi connectivity index (χ0n) is 19.6. The minimum absolute atomic E-state index is 0.0847. The van der Waals surface area contributed by atoms with Crippen LogP contribution in [0.15, 0.2) is 57.6 Å². The lowest BCUT2D eigenvalue weighted by Crippen LogP contribution is -2.41. The zero-order chi connectivity index (χ0) is 26.2. The average Bonchev–Trinajstić information content (AvgIpc) is 3.19. The summed E-state index contributed by atoms with van der Waals surface area (Å²) in [7, 11) is -0.373. The Morgan fingerprint density at radius 1 is 1.29 bits per heavy atom. The third-order valence-corrected chi connectivity index (χ3v) is 7.52. The predicted octanol–water partition coefficient (Wildman–Crippen LogP) is 5.61. The number of alkyl halides is 3. The van der Waals surface area contributed by atoms with E-state index in [2.05, 4.69) is 14.7 Å². The molecule has 0 aliphatic carbocycles. The number of nitrogens with one attached hydrogen (secondary N) is 1. The number of methoxy groups -OCH3 is 1. The van der Waals surface area contributed by atoms with Gasteiger partial charge in [0.2, 0.25) is 5.76 Å². The van der Waals surface area contributed by atoms with Gasteiger partial charge in [0.25, 0.3) is 0 Å². The first-order valence-corrected chi connectivity index (χ1v) is 12.7. The minimum Gasteiger partial charge on any atom is -0.497 e. The highest BCUT2D eigenvalue weighted by Crippen LogP contribution is 2.31. The molecular formula is C23H27F3N2O5S2. The Morgan fingerprint density at radius 2 is 2.00 bits per heavy atom. The van der Waals surface area contributed by atoms with Crippen LogP contribution < -0.4 is 9.46 Å². The predicted molar refractivity (Wildman–Crippen MR) is 129 cm³/mol. The summed E-state index contributed by atoms with van der Waals surface area (Å²) in [5.74, 6) is -2.31. The normalized spacial score (nSPS) is 16.3. The highest BCUT2D eigenvalue weighted by atomic mass is 32.2. The molecule has 1 aromatic carbocycles. The molecule has 0 spiro atoms. The number of halogens is 3. The van der Waals surface area contributed by atoms with Gasteiger partial charge in [-0.3, -0.25) is 4.79 Å². The fourth-order valence-corrected chi connectivity index (χ4v) is 5.40. The first-order valence-electron chi connectivity index (χ1n) is 10.8. The Morgan fingerprint density at radius 3 is 2.63 bits per heavy atom. The SMILES string of the molecule is CC.COc1cccc(C(C)C(NS(=O)c2ccc(C3=NOC(C(F)(F)F)=CCC3)s2)C(=O)O)c1. The highest BCUT2D eigenvalue weighted by molar-refractivity contribution is 7.85. The van der Waals surface area contributed by atoms with Crippen LogP contribution in [0.4, 0.5) is 13.2 Å². The molecule has 0 amide bonds. The maximum atomic E-state index is 12.9. The third-order valence-electron chi connectivity index (χ3n) is 4.91. The van der Waals surface area contributed by atoms with Crippen molar-refractivity contribution in [3.8, 4) is 5.75 Å². The maximum Gasteiger partial charge on any atom is 0.451 e. The van der Waals surface area contributed by atoms with Crippen LogP contribution in [-0.2, 0) is 20.6 Å². The van der Waals surface area contributed by atoms with E-state index in [1.54, 1.807) is 37.3 Å². The van der Waals surface area contributed by atoms with E-state index < -0.39 is 40.9 Å². The van der Waals surface area contributed by atoms with Crippen LogP contribution in [-0.4, -0.2) is 40.3 Å². The fraction of sp³-hybridized carbons (Fsp3) is 0.391. The summed E-state index contributed by atoms with van der Waals surface area (Å²) in [6.45, 7) is 5.69. The van der Waals surface area contributed by atoms with Crippen LogP contribution in [0.3, 0.4) is 0 Å². The van der Waals surface area contributed by atoms with Gasteiger partial charge in [-0.25, -0.2) is 8.93 Å². The van der Waals surface area contributed by atoms with Crippen LogP contribution in [0.1, 0.15) is 50.0 Å². The molecule has 2 aromatic rings. The summed E-state index contributed by atoms with van der Waals surface area (Å²) >= 11 is 1.04. The second-order valence-corrected chi connectivity index (χ2v) is 9.68. The number of benzene rings is 1. The third kappa shape index (κ3) is 7.64. The number of carboxylic acids is 1. The molecule has 2 heterocycles. The van der Waals surface area contributed by atoms with E-state index in [0.29, 0.717) is 26.1 Å². The number of hydrogen-bond acceptors (Lipinski definition) is 6. The minimum atomic E-state index is -4.63. The van der Waals surface area contributed by atoms with Gasteiger partial charge in [-0.1, -0.05) is 38.1 Å². The molecule has 3 rings (SSSR count). The Bertz CT molecular complexity index is 1100. The van der Waals surface area contributed by atoms with Crippen LogP contribution in [0.2, 0.25) is 0 Å². The van der Waals surface area contributed by atoms with Crippen molar-refractivity contribution in [3.05, 3.63) is 58.7 Å². The molecule has 0 fully saturated rings. The number of thiophene rings is 1. The standard InChI is InChI=1S/C21H21F3N2O5S2.C2H6/c1-12(13-5-3-6-14(11-13)30-2)19(20(27)28)26-33(29)18-10-9-16(32-18)15-7-4-8-17(31-25-15)21(22,23)24;1-2/h3,5-6,8-12,19,26H,4,7H2,1-2H3,(H,27,28);1-2H3. The largest absolute Gasteiger partial charge is 0.497 e. The molecule has 7 nitrogen and oxygen atoms in total. The number of oxime groups is 1. The summed E-state index contributed by atoms with van der Waals surface area (Å²) in [6, 6.07) is 8.86. The van der Waals surface area contributed by atoms with E-state index in [1.165, 1.54) is 13.2 Å². The molecule has 1 aromatic heterocycles. The number of ether oxygens (including phenoxy) is 1. The van der Waals surface area contributed by atoms with Gasteiger partial charge in [-0.15, -0.1) is 11.3 Å².